The molecule has 0 rings (SSSR count). The molecule has 0 aromatic rings. The highest BCUT2D eigenvalue weighted by atomic mass is 16.6. The summed E-state index contributed by atoms with van der Waals surface area (Å²) in [5, 5.41) is 0. The van der Waals surface area contributed by atoms with Crippen LogP contribution in [-0.4, -0.2) is 37.2 Å². The quantitative estimate of drug-likeness (QED) is 0.0345. The lowest BCUT2D eigenvalue weighted by Crippen LogP contribution is -2.30. The van der Waals surface area contributed by atoms with Gasteiger partial charge in [-0.05, 0) is 25.2 Å². The van der Waals surface area contributed by atoms with E-state index >= 15 is 0 Å². The third-order valence-corrected chi connectivity index (χ3v) is 12.3. The summed E-state index contributed by atoms with van der Waals surface area (Å²) in [5.74, 6) is -0.0466. The maximum atomic E-state index is 12.8. The lowest BCUT2D eigenvalue weighted by molar-refractivity contribution is -0.167. The van der Waals surface area contributed by atoms with Crippen LogP contribution in [0.1, 0.15) is 304 Å². The minimum absolute atomic E-state index is 0.0628. The normalized spacial score (nSPS) is 11.9. The molecule has 0 spiro atoms. The van der Waals surface area contributed by atoms with Gasteiger partial charge in [0.05, 0.1) is 0 Å². The second kappa shape index (κ2) is 48.4. The molecule has 0 saturated heterocycles. The van der Waals surface area contributed by atoms with Gasteiger partial charge in [-0.1, -0.05) is 265 Å². The molecule has 0 bridgehead atoms. The summed E-state index contributed by atoms with van der Waals surface area (Å²) >= 11 is 0. The fraction of sp³-hybridized carbons (Fsp3) is 0.944. The van der Waals surface area contributed by atoms with Gasteiger partial charge in [0.1, 0.15) is 13.2 Å². The van der Waals surface area contributed by atoms with E-state index in [0.717, 1.165) is 63.7 Å². The van der Waals surface area contributed by atoms with Gasteiger partial charge in [0.15, 0.2) is 6.10 Å². The lowest BCUT2D eigenvalue weighted by atomic mass is 10.0. The smallest absolute Gasteiger partial charge is 0.306 e. The van der Waals surface area contributed by atoms with Crippen LogP contribution in [0.5, 0.6) is 0 Å². The van der Waals surface area contributed by atoms with Gasteiger partial charge in [-0.15, -0.1) is 0 Å². The van der Waals surface area contributed by atoms with Crippen molar-refractivity contribution in [2.45, 2.75) is 310 Å². The van der Waals surface area contributed by atoms with Gasteiger partial charge in [0.2, 0.25) is 0 Å². The summed E-state index contributed by atoms with van der Waals surface area (Å²) in [6.45, 7) is 9.01. The molecule has 0 N–H and O–H groups in total. The number of ether oxygens (including phenoxy) is 3. The Morgan fingerprint density at radius 3 is 0.817 bits per heavy atom. The Kier molecular flexibility index (Phi) is 47.2. The van der Waals surface area contributed by atoms with E-state index in [9.17, 15) is 14.4 Å². The molecule has 60 heavy (non-hydrogen) atoms. The van der Waals surface area contributed by atoms with Crippen LogP contribution in [0.25, 0.3) is 0 Å². The van der Waals surface area contributed by atoms with Crippen molar-refractivity contribution in [1.29, 1.82) is 0 Å². The minimum atomic E-state index is -0.761. The molecule has 0 amide bonds. The molecule has 0 aliphatic carbocycles. The van der Waals surface area contributed by atoms with Gasteiger partial charge in [0, 0.05) is 19.3 Å². The van der Waals surface area contributed by atoms with Crippen LogP contribution in [0.3, 0.4) is 0 Å². The number of hydrogen-bond donors (Lipinski definition) is 0. The molecule has 0 aromatic heterocycles. The number of unbranched alkanes of at least 4 members (excludes halogenated alkanes) is 36. The third kappa shape index (κ3) is 47.5. The predicted molar refractivity (Wildman–Crippen MR) is 257 cm³/mol. The zero-order chi connectivity index (χ0) is 43.8. The van der Waals surface area contributed by atoms with Crippen molar-refractivity contribution >= 4 is 17.9 Å². The molecular weight excluding hydrogens is 745 g/mol. The first kappa shape index (κ1) is 58.4. The van der Waals surface area contributed by atoms with Crippen LogP contribution < -0.4 is 0 Å². The van der Waals surface area contributed by atoms with Crippen molar-refractivity contribution in [2.24, 2.45) is 5.92 Å². The second-order valence-electron chi connectivity index (χ2n) is 19.0. The summed E-state index contributed by atoms with van der Waals surface area (Å²) in [6.07, 6.45) is 50.9. The molecule has 1 atom stereocenters. The fourth-order valence-corrected chi connectivity index (χ4v) is 8.22. The lowest BCUT2D eigenvalue weighted by Gasteiger charge is -2.18. The van der Waals surface area contributed by atoms with E-state index in [1.54, 1.807) is 0 Å². The van der Waals surface area contributed by atoms with Gasteiger partial charge in [0.25, 0.3) is 0 Å². The Bertz CT molecular complexity index is 903. The Labute approximate surface area is 374 Å². The van der Waals surface area contributed by atoms with Crippen molar-refractivity contribution in [3.63, 3.8) is 0 Å². The molecule has 0 unspecified atom stereocenters. The molecule has 0 saturated carbocycles. The summed E-state index contributed by atoms with van der Waals surface area (Å²) < 4.78 is 16.8. The maximum absolute atomic E-state index is 12.8. The van der Waals surface area contributed by atoms with Crippen LogP contribution in [0.2, 0.25) is 0 Å². The summed E-state index contributed by atoms with van der Waals surface area (Å²) in [5.41, 5.74) is 0. The van der Waals surface area contributed by atoms with Crippen molar-refractivity contribution in [3.8, 4) is 0 Å². The van der Waals surface area contributed by atoms with E-state index in [0.29, 0.717) is 19.3 Å². The topological polar surface area (TPSA) is 78.9 Å². The molecule has 0 radical (unpaired) electrons. The maximum Gasteiger partial charge on any atom is 0.306 e. The summed E-state index contributed by atoms with van der Waals surface area (Å²) in [4.78, 5) is 38.0. The van der Waals surface area contributed by atoms with Crippen LogP contribution >= 0.6 is 0 Å². The van der Waals surface area contributed by atoms with E-state index < -0.39 is 6.10 Å². The number of carbonyl (C=O) groups is 3. The Morgan fingerprint density at radius 1 is 0.317 bits per heavy atom. The highest BCUT2D eigenvalue weighted by molar-refractivity contribution is 5.71. The van der Waals surface area contributed by atoms with Gasteiger partial charge in [-0.25, -0.2) is 0 Å². The molecular formula is C54H104O6. The number of hydrogen-bond acceptors (Lipinski definition) is 6. The van der Waals surface area contributed by atoms with Crippen molar-refractivity contribution in [1.82, 2.24) is 0 Å². The average molecular weight is 849 g/mol. The van der Waals surface area contributed by atoms with E-state index in [1.165, 1.54) is 199 Å². The van der Waals surface area contributed by atoms with E-state index in [1.807, 2.05) is 0 Å². The number of carbonyl (C=O) groups excluding carboxylic acids is 3. The van der Waals surface area contributed by atoms with Crippen molar-refractivity contribution < 1.29 is 28.6 Å². The second-order valence-corrected chi connectivity index (χ2v) is 19.0. The first-order chi connectivity index (χ1) is 29.4. The van der Waals surface area contributed by atoms with E-state index in [4.69, 9.17) is 14.2 Å². The molecule has 0 heterocycles. The monoisotopic (exact) mass is 849 g/mol. The standard InChI is InChI=1S/C54H104O6/c1-5-7-9-11-13-15-17-19-21-23-24-26-28-33-37-41-45-52(55)58-48-51(49-59-53(56)46-42-38-34-31-30-32-36-40-44-50(3)4)60-54(57)47-43-39-35-29-27-25-22-20-18-16-14-12-10-8-6-2/h50-51H,5-49H2,1-4H3/t51-/m0/s1. The zero-order valence-electron chi connectivity index (χ0n) is 40.9. The van der Waals surface area contributed by atoms with Gasteiger partial charge in [-0.3, -0.25) is 14.4 Å². The molecule has 0 fully saturated rings. The molecule has 0 aliphatic rings. The van der Waals surface area contributed by atoms with Gasteiger partial charge in [-0.2, -0.15) is 0 Å². The summed E-state index contributed by atoms with van der Waals surface area (Å²) in [7, 11) is 0. The van der Waals surface area contributed by atoms with Crippen LogP contribution in [0.15, 0.2) is 0 Å². The van der Waals surface area contributed by atoms with Crippen LogP contribution in [0.4, 0.5) is 0 Å². The minimum Gasteiger partial charge on any atom is -0.462 e. The Morgan fingerprint density at radius 2 is 0.550 bits per heavy atom. The van der Waals surface area contributed by atoms with Gasteiger partial charge < -0.3 is 14.2 Å². The average Bonchev–Trinajstić information content (AvgIpc) is 3.23. The third-order valence-electron chi connectivity index (χ3n) is 12.3. The largest absolute Gasteiger partial charge is 0.462 e. The molecule has 0 aromatic carbocycles. The van der Waals surface area contributed by atoms with Crippen LogP contribution in [0, 0.1) is 5.92 Å². The molecule has 6 nitrogen and oxygen atoms in total. The fourth-order valence-electron chi connectivity index (χ4n) is 8.22. The molecule has 6 heteroatoms. The first-order valence-electron chi connectivity index (χ1n) is 26.9. The van der Waals surface area contributed by atoms with Crippen molar-refractivity contribution in [2.75, 3.05) is 13.2 Å². The number of rotatable bonds is 49. The predicted octanol–water partition coefficient (Wildman–Crippen LogP) is 17.5. The van der Waals surface area contributed by atoms with Crippen molar-refractivity contribution in [3.05, 3.63) is 0 Å². The highest BCUT2D eigenvalue weighted by Gasteiger charge is 2.19. The molecule has 0 aliphatic heterocycles. The Balaban J connectivity index is 4.29. The summed E-state index contributed by atoms with van der Waals surface area (Å²) in [6, 6.07) is 0. The highest BCUT2D eigenvalue weighted by Crippen LogP contribution is 2.17. The van der Waals surface area contributed by atoms with E-state index in [-0.39, 0.29) is 31.1 Å². The van der Waals surface area contributed by atoms with Crippen LogP contribution in [-0.2, 0) is 28.6 Å². The van der Waals surface area contributed by atoms with Gasteiger partial charge >= 0.3 is 17.9 Å². The van der Waals surface area contributed by atoms with E-state index in [2.05, 4.69) is 27.7 Å². The molecule has 356 valence electrons. The first-order valence-corrected chi connectivity index (χ1v) is 26.9. The number of esters is 3. The Hall–Kier alpha value is -1.59. The zero-order valence-corrected chi connectivity index (χ0v) is 40.9. The SMILES string of the molecule is CCCCCCCCCCCCCCCCCCC(=O)OC[C@@H](COC(=O)CCCCCCCCCCC(C)C)OC(=O)CCCCCCCCCCCCCCCCC.